The largest absolute Gasteiger partial charge is 0.354 e. The van der Waals surface area contributed by atoms with Crippen molar-refractivity contribution in [1.82, 2.24) is 41.7 Å². The number of aromatic nitrogens is 4. The molecular weight excluding hydrogens is 532 g/mol. The number of nitrogens with one attached hydrogen (secondary N) is 5. The fourth-order valence-corrected chi connectivity index (χ4v) is 5.42. The van der Waals surface area contributed by atoms with E-state index in [9.17, 15) is 19.2 Å². The Bertz CT molecular complexity index is 1340. The zero-order valence-corrected chi connectivity index (χ0v) is 23.5. The van der Waals surface area contributed by atoms with Crippen LogP contribution in [0, 0.1) is 12.8 Å². The second-order valence-electron chi connectivity index (χ2n) is 10.1. The Labute approximate surface area is 236 Å². The van der Waals surface area contributed by atoms with Crippen LogP contribution in [-0.4, -0.2) is 62.7 Å². The van der Waals surface area contributed by atoms with Crippen LogP contribution < -0.4 is 21.3 Å². The molecule has 0 spiro atoms. The lowest BCUT2D eigenvalue weighted by Crippen LogP contribution is -2.49. The number of amides is 4. The van der Waals surface area contributed by atoms with Gasteiger partial charge in [-0.1, -0.05) is 44.2 Å². The zero-order chi connectivity index (χ0) is 28.6. The maximum Gasteiger partial charge on any atom is 0.274 e. The Balaban J connectivity index is 1.58. The lowest BCUT2D eigenvalue weighted by atomic mass is 10.0. The van der Waals surface area contributed by atoms with Gasteiger partial charge in [-0.2, -0.15) is 15.4 Å². The number of H-pyrrole nitrogens is 1. The van der Waals surface area contributed by atoms with Gasteiger partial charge in [0.15, 0.2) is 5.69 Å². The van der Waals surface area contributed by atoms with E-state index in [-0.39, 0.29) is 29.1 Å². The second kappa shape index (κ2) is 13.3. The topological polar surface area (TPSA) is 171 Å². The number of aryl methyl sites for hydroxylation is 1. The molecule has 0 unspecified atom stereocenters. The maximum atomic E-state index is 13.4. The monoisotopic (exact) mass is 566 g/mol. The van der Waals surface area contributed by atoms with Crippen LogP contribution in [0.2, 0.25) is 0 Å². The smallest absolute Gasteiger partial charge is 0.274 e. The van der Waals surface area contributed by atoms with Crippen molar-refractivity contribution in [1.29, 1.82) is 0 Å². The van der Waals surface area contributed by atoms with E-state index >= 15 is 0 Å². The highest BCUT2D eigenvalue weighted by Crippen LogP contribution is 2.26. The summed E-state index contributed by atoms with van der Waals surface area (Å²) in [7, 11) is 0. The van der Waals surface area contributed by atoms with Crippen molar-refractivity contribution in [3.8, 4) is 0 Å². The number of carbonyl (C=O) groups excluding carboxylic acids is 4. The normalized spacial score (nSPS) is 20.9. The molecule has 4 amide bonds. The molecule has 2 bridgehead atoms. The summed E-state index contributed by atoms with van der Waals surface area (Å²) >= 11 is 1.26. The summed E-state index contributed by atoms with van der Waals surface area (Å²) in [4.78, 5) is 57.0. The summed E-state index contributed by atoms with van der Waals surface area (Å²) in [6, 6.07) is 7.36. The van der Waals surface area contributed by atoms with Crippen molar-refractivity contribution in [2.24, 2.45) is 5.92 Å². The number of hydrogen-bond donors (Lipinski definition) is 5. The van der Waals surface area contributed by atoms with E-state index in [0.29, 0.717) is 42.9 Å². The van der Waals surface area contributed by atoms with Gasteiger partial charge in [0.05, 0.1) is 11.7 Å². The molecule has 1 aromatic carbocycles. The van der Waals surface area contributed by atoms with Gasteiger partial charge in [0.25, 0.3) is 11.8 Å². The first kappa shape index (κ1) is 28.9. The number of carbonyl (C=O) groups is 4. The zero-order valence-electron chi connectivity index (χ0n) is 22.7. The Morgan fingerprint density at radius 1 is 1.07 bits per heavy atom. The molecule has 0 saturated heterocycles. The fraction of sp³-hybridized carbons (Fsp3) is 0.444. The van der Waals surface area contributed by atoms with Crippen molar-refractivity contribution in [2.75, 3.05) is 6.54 Å². The summed E-state index contributed by atoms with van der Waals surface area (Å²) < 4.78 is 0. The number of rotatable bonds is 5. The third-order valence-corrected chi connectivity index (χ3v) is 7.60. The van der Waals surface area contributed by atoms with Crippen LogP contribution in [0.15, 0.2) is 35.7 Å². The maximum absolute atomic E-state index is 13.4. The molecule has 3 aromatic rings. The van der Waals surface area contributed by atoms with Crippen LogP contribution in [0.1, 0.15) is 76.4 Å². The van der Waals surface area contributed by atoms with Gasteiger partial charge in [-0.3, -0.25) is 19.2 Å². The molecule has 212 valence electrons. The number of aromatic amines is 1. The number of thiazole rings is 1. The summed E-state index contributed by atoms with van der Waals surface area (Å²) in [6.07, 6.45) is 1.81. The molecule has 3 heterocycles. The molecule has 3 atom stereocenters. The van der Waals surface area contributed by atoms with Crippen molar-refractivity contribution in [3.05, 3.63) is 63.4 Å². The van der Waals surface area contributed by atoms with Crippen LogP contribution in [-0.2, 0) is 16.0 Å². The minimum atomic E-state index is -0.845. The number of fused-ring (bicyclic) bond motifs is 2. The Morgan fingerprint density at radius 3 is 2.55 bits per heavy atom. The van der Waals surface area contributed by atoms with Gasteiger partial charge < -0.3 is 21.3 Å². The summed E-state index contributed by atoms with van der Waals surface area (Å²) in [5, 5.41) is 23.9. The highest BCUT2D eigenvalue weighted by atomic mass is 32.1. The standard InChI is InChI=1S/C27H34N8O4S/c1-15(2)21-27-31-20(14-40-27)25(38)30-19(13-17-9-5-4-6-10-17)23(36)28-12-8-7-11-18(24(37)32-21)29-26(39)22-16(3)33-35-34-22/h4-6,9-10,14-15,18-19,21H,7-8,11-13H2,1-3H3,(H,28,36)(H,29,39)(H,30,38)(H,32,37)(H,33,34,35)/t18-,19+,21+/m0/s1. The highest BCUT2D eigenvalue weighted by Gasteiger charge is 2.30. The van der Waals surface area contributed by atoms with E-state index in [1.807, 2.05) is 44.2 Å². The Morgan fingerprint density at radius 2 is 1.85 bits per heavy atom. The average Bonchev–Trinajstić information content (AvgIpc) is 3.59. The van der Waals surface area contributed by atoms with E-state index in [0.717, 1.165) is 5.56 Å². The molecule has 2 aromatic heterocycles. The first-order valence-electron chi connectivity index (χ1n) is 13.3. The molecular formula is C27H34N8O4S. The van der Waals surface area contributed by atoms with Gasteiger partial charge in [0, 0.05) is 18.3 Å². The van der Waals surface area contributed by atoms with Crippen molar-refractivity contribution in [2.45, 2.75) is 64.6 Å². The molecule has 13 heteroatoms. The predicted octanol–water partition coefficient (Wildman–Crippen LogP) is 1.82. The van der Waals surface area contributed by atoms with Gasteiger partial charge in [0.2, 0.25) is 11.8 Å². The van der Waals surface area contributed by atoms with Crippen LogP contribution in [0.3, 0.4) is 0 Å². The third kappa shape index (κ3) is 7.29. The van der Waals surface area contributed by atoms with Gasteiger partial charge in [-0.15, -0.1) is 11.3 Å². The molecule has 0 radical (unpaired) electrons. The summed E-state index contributed by atoms with van der Waals surface area (Å²) in [6.45, 7) is 5.88. The first-order valence-corrected chi connectivity index (χ1v) is 14.2. The predicted molar refractivity (Wildman–Crippen MR) is 148 cm³/mol. The van der Waals surface area contributed by atoms with Crippen LogP contribution in [0.4, 0.5) is 0 Å². The molecule has 0 saturated carbocycles. The van der Waals surface area contributed by atoms with Gasteiger partial charge in [-0.05, 0) is 37.7 Å². The lowest BCUT2D eigenvalue weighted by molar-refractivity contribution is -0.124. The molecule has 40 heavy (non-hydrogen) atoms. The Kier molecular flexibility index (Phi) is 9.59. The van der Waals surface area contributed by atoms with E-state index in [4.69, 9.17) is 0 Å². The molecule has 5 N–H and O–H groups in total. The number of hydrogen-bond acceptors (Lipinski definition) is 8. The van der Waals surface area contributed by atoms with Gasteiger partial charge in [0.1, 0.15) is 22.8 Å². The SMILES string of the molecule is Cc1n[nH]nc1C(=O)N[C@H]1CCCCNC(=O)[C@@H](Cc2ccccc2)NC(=O)c2csc(n2)[C@@H](C(C)C)NC1=O. The fourth-order valence-electron chi connectivity index (χ4n) is 4.40. The minimum absolute atomic E-state index is 0.0457. The molecule has 12 nitrogen and oxygen atoms in total. The minimum Gasteiger partial charge on any atom is -0.354 e. The van der Waals surface area contributed by atoms with E-state index in [1.54, 1.807) is 12.3 Å². The van der Waals surface area contributed by atoms with Crippen molar-refractivity contribution < 1.29 is 19.2 Å². The van der Waals surface area contributed by atoms with Crippen molar-refractivity contribution in [3.63, 3.8) is 0 Å². The molecule has 4 rings (SSSR count). The van der Waals surface area contributed by atoms with E-state index < -0.39 is 29.9 Å². The molecule has 1 aliphatic heterocycles. The lowest BCUT2D eigenvalue weighted by Gasteiger charge is -2.25. The quantitative estimate of drug-likeness (QED) is 0.313. The van der Waals surface area contributed by atoms with Crippen LogP contribution in [0.25, 0.3) is 0 Å². The summed E-state index contributed by atoms with van der Waals surface area (Å²) in [5.74, 6) is -1.69. The number of nitrogens with zero attached hydrogens (tertiary/aromatic N) is 3. The molecule has 0 aliphatic carbocycles. The van der Waals surface area contributed by atoms with Gasteiger partial charge in [-0.25, -0.2) is 4.98 Å². The van der Waals surface area contributed by atoms with Crippen LogP contribution in [0.5, 0.6) is 0 Å². The highest BCUT2D eigenvalue weighted by molar-refractivity contribution is 7.09. The number of benzene rings is 1. The molecule has 0 fully saturated rings. The first-order chi connectivity index (χ1) is 19.2. The average molecular weight is 567 g/mol. The van der Waals surface area contributed by atoms with E-state index in [1.165, 1.54) is 11.3 Å². The summed E-state index contributed by atoms with van der Waals surface area (Å²) in [5.41, 5.74) is 1.63. The van der Waals surface area contributed by atoms with E-state index in [2.05, 4.69) is 41.7 Å². The molecule has 1 aliphatic rings. The second-order valence-corrected chi connectivity index (χ2v) is 11.0. The van der Waals surface area contributed by atoms with Crippen LogP contribution >= 0.6 is 11.3 Å². The van der Waals surface area contributed by atoms with Crippen molar-refractivity contribution >= 4 is 35.0 Å². The Hall–Kier alpha value is -4.13. The van der Waals surface area contributed by atoms with Gasteiger partial charge >= 0.3 is 0 Å². The third-order valence-electron chi connectivity index (χ3n) is 6.67.